The predicted octanol–water partition coefficient (Wildman–Crippen LogP) is 3.11. The largest absolute Gasteiger partial charge is 0.351 e. The van der Waals surface area contributed by atoms with Crippen LogP contribution < -0.4 is 4.90 Å². The smallest absolute Gasteiger partial charge is 0.152 e. The van der Waals surface area contributed by atoms with Gasteiger partial charge in [-0.1, -0.05) is 22.0 Å². The predicted molar refractivity (Wildman–Crippen MR) is 78.4 cm³/mol. The van der Waals surface area contributed by atoms with Gasteiger partial charge in [0.2, 0.25) is 0 Å². The molecule has 0 aliphatic heterocycles. The Morgan fingerprint density at radius 1 is 1.47 bits per heavy atom. The van der Waals surface area contributed by atoms with Crippen LogP contribution in [0.1, 0.15) is 25.0 Å². The Labute approximate surface area is 120 Å². The third kappa shape index (κ3) is 2.33. The molecule has 19 heavy (non-hydrogen) atoms. The van der Waals surface area contributed by atoms with Crippen LogP contribution in [0.2, 0.25) is 0 Å². The van der Waals surface area contributed by atoms with Crippen molar-refractivity contribution in [2.45, 2.75) is 30.6 Å². The van der Waals surface area contributed by atoms with Crippen LogP contribution in [0.25, 0.3) is 5.65 Å². The number of hydrogen-bond donors (Lipinski definition) is 0. The Hall–Kier alpha value is -1.54. The SMILES string of the molecule is N#CCCN(c1nc2ccccn2c1CBr)C1CC1. The minimum atomic E-state index is 0.548. The van der Waals surface area contributed by atoms with Gasteiger partial charge in [0.1, 0.15) is 5.65 Å². The first-order valence-electron chi connectivity index (χ1n) is 6.50. The van der Waals surface area contributed by atoms with Crippen LogP contribution in [0.4, 0.5) is 5.82 Å². The quantitative estimate of drug-likeness (QED) is 0.796. The lowest BCUT2D eigenvalue weighted by atomic mass is 10.3. The lowest BCUT2D eigenvalue weighted by molar-refractivity contribution is 0.777. The topological polar surface area (TPSA) is 44.3 Å². The van der Waals surface area contributed by atoms with Gasteiger partial charge in [-0.05, 0) is 25.0 Å². The molecule has 2 aromatic heterocycles. The summed E-state index contributed by atoms with van der Waals surface area (Å²) in [7, 11) is 0. The molecule has 2 heterocycles. The van der Waals surface area contributed by atoms with E-state index < -0.39 is 0 Å². The van der Waals surface area contributed by atoms with Gasteiger partial charge in [-0.2, -0.15) is 5.26 Å². The van der Waals surface area contributed by atoms with Gasteiger partial charge in [0.25, 0.3) is 0 Å². The number of nitriles is 1. The Kier molecular flexibility index (Phi) is 3.43. The molecule has 0 saturated heterocycles. The number of hydrogen-bond acceptors (Lipinski definition) is 3. The molecule has 4 nitrogen and oxygen atoms in total. The minimum Gasteiger partial charge on any atom is -0.351 e. The Morgan fingerprint density at radius 2 is 2.32 bits per heavy atom. The van der Waals surface area contributed by atoms with E-state index in [0.717, 1.165) is 23.3 Å². The average Bonchev–Trinajstić information content (AvgIpc) is 3.20. The van der Waals surface area contributed by atoms with Crippen molar-refractivity contribution in [1.29, 1.82) is 5.26 Å². The number of nitrogens with zero attached hydrogens (tertiary/aromatic N) is 4. The zero-order chi connectivity index (χ0) is 13.2. The zero-order valence-electron chi connectivity index (χ0n) is 10.6. The molecule has 0 amide bonds. The maximum Gasteiger partial charge on any atom is 0.152 e. The molecule has 0 spiro atoms. The van der Waals surface area contributed by atoms with Crippen LogP contribution in [0.3, 0.4) is 0 Å². The molecule has 0 radical (unpaired) electrons. The molecule has 5 heteroatoms. The van der Waals surface area contributed by atoms with Gasteiger partial charge in [0.15, 0.2) is 5.82 Å². The highest BCUT2D eigenvalue weighted by Gasteiger charge is 2.32. The van der Waals surface area contributed by atoms with Crippen LogP contribution in [0.5, 0.6) is 0 Å². The molecular weight excluding hydrogens is 304 g/mol. The number of fused-ring (bicyclic) bond motifs is 1. The van der Waals surface area contributed by atoms with Crippen LogP contribution in [-0.2, 0) is 5.33 Å². The van der Waals surface area contributed by atoms with Crippen molar-refractivity contribution < 1.29 is 0 Å². The second-order valence-electron chi connectivity index (χ2n) is 4.78. The molecule has 0 N–H and O–H groups in total. The summed E-state index contributed by atoms with van der Waals surface area (Å²) in [6.07, 6.45) is 5.01. The summed E-state index contributed by atoms with van der Waals surface area (Å²) in [5.41, 5.74) is 2.13. The summed E-state index contributed by atoms with van der Waals surface area (Å²) < 4.78 is 2.12. The second-order valence-corrected chi connectivity index (χ2v) is 5.34. The normalized spacial score (nSPS) is 14.5. The third-order valence-electron chi connectivity index (χ3n) is 3.46. The fourth-order valence-corrected chi connectivity index (χ4v) is 2.93. The van der Waals surface area contributed by atoms with E-state index in [9.17, 15) is 0 Å². The fourth-order valence-electron chi connectivity index (χ4n) is 2.41. The molecule has 0 aromatic carbocycles. The van der Waals surface area contributed by atoms with Crippen LogP contribution in [0, 0.1) is 11.3 Å². The molecular formula is C14H15BrN4. The van der Waals surface area contributed by atoms with E-state index in [-0.39, 0.29) is 0 Å². The molecule has 0 unspecified atom stereocenters. The summed E-state index contributed by atoms with van der Waals surface area (Å²) in [6, 6.07) is 8.83. The number of pyridine rings is 1. The maximum atomic E-state index is 8.82. The molecule has 2 aromatic rings. The van der Waals surface area contributed by atoms with E-state index in [1.807, 2.05) is 24.4 Å². The molecule has 0 bridgehead atoms. The van der Waals surface area contributed by atoms with Gasteiger partial charge in [-0.25, -0.2) is 4.98 Å². The fraction of sp³-hybridized carbons (Fsp3) is 0.429. The molecule has 0 atom stereocenters. The summed E-state index contributed by atoms with van der Waals surface area (Å²) in [4.78, 5) is 7.05. The molecule has 1 aliphatic carbocycles. The zero-order valence-corrected chi connectivity index (χ0v) is 12.2. The second kappa shape index (κ2) is 5.22. The molecule has 98 valence electrons. The van der Waals surface area contributed by atoms with E-state index in [4.69, 9.17) is 10.2 Å². The standard InChI is InChI=1S/C14H15BrN4/c15-10-12-14(17-13-4-1-2-8-19(12)13)18(9-3-7-16)11-5-6-11/h1-2,4,8,11H,3,5-6,9-10H2. The first-order valence-corrected chi connectivity index (χ1v) is 7.63. The van der Waals surface area contributed by atoms with Crippen molar-refractivity contribution in [3.63, 3.8) is 0 Å². The van der Waals surface area contributed by atoms with Gasteiger partial charge in [0.05, 0.1) is 18.2 Å². The van der Waals surface area contributed by atoms with Gasteiger partial charge >= 0.3 is 0 Å². The van der Waals surface area contributed by atoms with Gasteiger partial charge < -0.3 is 9.30 Å². The van der Waals surface area contributed by atoms with Crippen molar-refractivity contribution in [3.05, 3.63) is 30.1 Å². The van der Waals surface area contributed by atoms with Crippen molar-refractivity contribution in [2.24, 2.45) is 0 Å². The van der Waals surface area contributed by atoms with Gasteiger partial charge in [-0.3, -0.25) is 0 Å². The summed E-state index contributed by atoms with van der Waals surface area (Å²) >= 11 is 3.56. The summed E-state index contributed by atoms with van der Waals surface area (Å²) in [5, 5.41) is 9.59. The van der Waals surface area contributed by atoms with E-state index >= 15 is 0 Å². The lowest BCUT2D eigenvalue weighted by Gasteiger charge is -2.22. The molecule has 1 aliphatic rings. The van der Waals surface area contributed by atoms with Crippen molar-refractivity contribution in [1.82, 2.24) is 9.38 Å². The number of alkyl halides is 1. The molecule has 1 fully saturated rings. The number of aromatic nitrogens is 2. The summed E-state index contributed by atoms with van der Waals surface area (Å²) in [6.45, 7) is 0.769. The maximum absolute atomic E-state index is 8.82. The lowest BCUT2D eigenvalue weighted by Crippen LogP contribution is -2.27. The molecule has 1 saturated carbocycles. The van der Waals surface area contributed by atoms with Crippen molar-refractivity contribution in [3.8, 4) is 6.07 Å². The van der Waals surface area contributed by atoms with E-state index in [1.165, 1.54) is 18.5 Å². The Balaban J connectivity index is 2.04. The third-order valence-corrected chi connectivity index (χ3v) is 3.99. The number of rotatable bonds is 5. The number of halogens is 1. The van der Waals surface area contributed by atoms with Gasteiger partial charge in [-0.15, -0.1) is 0 Å². The highest BCUT2D eigenvalue weighted by molar-refractivity contribution is 9.08. The molecule has 3 rings (SSSR count). The average molecular weight is 319 g/mol. The first kappa shape index (κ1) is 12.5. The highest BCUT2D eigenvalue weighted by atomic mass is 79.9. The summed E-state index contributed by atoms with van der Waals surface area (Å²) in [5.74, 6) is 1.03. The monoisotopic (exact) mass is 318 g/mol. The van der Waals surface area contributed by atoms with E-state index in [1.54, 1.807) is 0 Å². The van der Waals surface area contributed by atoms with Crippen LogP contribution in [0.15, 0.2) is 24.4 Å². The first-order chi connectivity index (χ1) is 9.35. The minimum absolute atomic E-state index is 0.548. The number of imidazole rings is 1. The van der Waals surface area contributed by atoms with Crippen LogP contribution in [-0.4, -0.2) is 22.0 Å². The Bertz CT molecular complexity index is 624. The van der Waals surface area contributed by atoms with Crippen LogP contribution >= 0.6 is 15.9 Å². The van der Waals surface area contributed by atoms with E-state index in [2.05, 4.69) is 31.3 Å². The van der Waals surface area contributed by atoms with Crippen molar-refractivity contribution in [2.75, 3.05) is 11.4 Å². The van der Waals surface area contributed by atoms with Crippen molar-refractivity contribution >= 4 is 27.4 Å². The Morgan fingerprint density at radius 3 is 3.00 bits per heavy atom. The highest BCUT2D eigenvalue weighted by Crippen LogP contribution is 2.34. The van der Waals surface area contributed by atoms with Gasteiger partial charge in [0, 0.05) is 24.1 Å². The number of anilines is 1. The van der Waals surface area contributed by atoms with E-state index in [0.29, 0.717) is 12.5 Å².